The number of hydrogen-bond acceptors (Lipinski definition) is 3. The number of carboxylic acids is 1. The van der Waals surface area contributed by atoms with Crippen molar-refractivity contribution in [1.82, 2.24) is 0 Å². The summed E-state index contributed by atoms with van der Waals surface area (Å²) in [5.41, 5.74) is 0. The molecule has 0 heterocycles. The third kappa shape index (κ3) is 1.81. The van der Waals surface area contributed by atoms with Gasteiger partial charge in [-0.15, -0.1) is 0 Å². The molecule has 0 spiro atoms. The highest BCUT2D eigenvalue weighted by atomic mass is 32.3. The molecule has 0 saturated heterocycles. The average molecular weight is 278 g/mol. The summed E-state index contributed by atoms with van der Waals surface area (Å²) in [5.74, 6) is -17.1. The van der Waals surface area contributed by atoms with E-state index in [4.69, 9.17) is 5.11 Å². The van der Waals surface area contributed by atoms with Crippen molar-refractivity contribution in [3.63, 3.8) is 0 Å². The molecule has 0 amide bonds. The van der Waals surface area contributed by atoms with Gasteiger partial charge in [0.05, 0.1) is 0 Å². The molecule has 0 radical (unpaired) electrons. The fraction of sp³-hybridized carbons (Fsp3) is 0.750. The highest BCUT2D eigenvalue weighted by Crippen LogP contribution is 2.48. The minimum atomic E-state index is -7.40. The molecule has 0 aromatic carbocycles. The van der Waals surface area contributed by atoms with Gasteiger partial charge in [0.15, 0.2) is 0 Å². The van der Waals surface area contributed by atoms with Crippen LogP contribution in [0.15, 0.2) is 0 Å². The van der Waals surface area contributed by atoms with Gasteiger partial charge in [0.1, 0.15) is 0 Å². The molecular weight excluding hydrogens is 277 g/mol. The first-order valence-corrected chi connectivity index (χ1v) is 4.39. The van der Waals surface area contributed by atoms with Crippen molar-refractivity contribution in [3.8, 4) is 0 Å². The molecule has 0 aromatic rings. The molecule has 0 aromatic heterocycles. The third-order valence-electron chi connectivity index (χ3n) is 1.33. The maximum atomic E-state index is 12.2. The van der Waals surface area contributed by atoms with E-state index in [1.165, 1.54) is 0 Å². The molecule has 0 saturated carbocycles. The van der Waals surface area contributed by atoms with Gasteiger partial charge in [-0.25, -0.2) is 4.79 Å². The number of carboxylic acid groups (broad SMARTS) is 1. The minimum Gasteiger partial charge on any atom is -0.477 e. The van der Waals surface area contributed by atoms with E-state index in [0.717, 1.165) is 0 Å². The van der Waals surface area contributed by atoms with Gasteiger partial charge in [-0.3, -0.25) is 0 Å². The summed E-state index contributed by atoms with van der Waals surface area (Å²) in [6, 6.07) is 0. The molecule has 0 fully saturated rings. The van der Waals surface area contributed by atoms with Crippen molar-refractivity contribution in [1.29, 1.82) is 0 Å². The lowest BCUT2D eigenvalue weighted by atomic mass is 10.2. The van der Waals surface area contributed by atoms with Crippen LogP contribution in [0, 0.1) is 0 Å². The first-order valence-electron chi connectivity index (χ1n) is 3.00. The lowest BCUT2D eigenvalue weighted by molar-refractivity contribution is -0.276. The Balaban J connectivity index is 5.82. The summed E-state index contributed by atoms with van der Waals surface area (Å²) < 4.78 is 104. The predicted octanol–water partition coefficient (Wildman–Crippen LogP) is 1.23. The molecule has 0 aliphatic heterocycles. The van der Waals surface area contributed by atoms with E-state index >= 15 is 0 Å². The van der Waals surface area contributed by atoms with Crippen molar-refractivity contribution < 1.29 is 48.5 Å². The molecule has 0 bridgehead atoms. The number of halogens is 7. The van der Waals surface area contributed by atoms with Gasteiger partial charge in [-0.1, -0.05) is 3.89 Å². The Bertz CT molecular complexity index is 399. The molecule has 0 rings (SSSR count). The molecule has 96 valence electrons. The van der Waals surface area contributed by atoms with E-state index < -0.39 is 33.3 Å². The third-order valence-corrected chi connectivity index (χ3v) is 2.20. The van der Waals surface area contributed by atoms with Gasteiger partial charge in [0.2, 0.25) is 0 Å². The van der Waals surface area contributed by atoms with Crippen LogP contribution in [0.3, 0.4) is 0 Å². The number of aliphatic carboxylic acids is 1. The smallest absolute Gasteiger partial charge is 0.443 e. The van der Waals surface area contributed by atoms with E-state index in [9.17, 15) is 43.4 Å². The summed E-state index contributed by atoms with van der Waals surface area (Å²) >= 11 is 0. The van der Waals surface area contributed by atoms with Crippen LogP contribution in [0.25, 0.3) is 0 Å². The van der Waals surface area contributed by atoms with E-state index in [1.54, 1.807) is 0 Å². The molecular formula is C4HF7O4S. The van der Waals surface area contributed by atoms with Crippen LogP contribution in [-0.4, -0.2) is 36.6 Å². The molecule has 12 heteroatoms. The van der Waals surface area contributed by atoms with Crippen LogP contribution in [0.5, 0.6) is 0 Å². The monoisotopic (exact) mass is 278 g/mol. The van der Waals surface area contributed by atoms with Crippen LogP contribution in [0.4, 0.5) is 30.2 Å². The predicted molar refractivity (Wildman–Crippen MR) is 32.5 cm³/mol. The molecule has 4 nitrogen and oxygen atoms in total. The minimum absolute atomic E-state index is 3.72. The Kier molecular flexibility index (Phi) is 3.23. The molecule has 0 atom stereocenters. The Labute approximate surface area is 82.9 Å². The van der Waals surface area contributed by atoms with Crippen LogP contribution in [-0.2, 0) is 15.0 Å². The van der Waals surface area contributed by atoms with Crippen LogP contribution in [0.1, 0.15) is 0 Å². The van der Waals surface area contributed by atoms with Gasteiger partial charge in [-0.2, -0.15) is 34.8 Å². The van der Waals surface area contributed by atoms with Crippen molar-refractivity contribution >= 4 is 16.2 Å². The van der Waals surface area contributed by atoms with Crippen LogP contribution >= 0.6 is 0 Å². The maximum absolute atomic E-state index is 12.2. The number of hydrogen-bond donors (Lipinski definition) is 1. The van der Waals surface area contributed by atoms with Crippen molar-refractivity contribution in [2.24, 2.45) is 0 Å². The Morgan fingerprint density at radius 2 is 1.31 bits per heavy atom. The van der Waals surface area contributed by atoms with E-state index in [-0.39, 0.29) is 0 Å². The first kappa shape index (κ1) is 14.9. The zero-order chi connectivity index (χ0) is 13.6. The number of rotatable bonds is 4. The molecule has 0 aliphatic rings. The SMILES string of the molecule is O=C(O)C(F)(F)C(F)(F)C(F)(F)S(=O)(=O)F. The van der Waals surface area contributed by atoms with E-state index in [2.05, 4.69) is 0 Å². The van der Waals surface area contributed by atoms with Crippen molar-refractivity contribution in [2.45, 2.75) is 17.1 Å². The fourth-order valence-electron chi connectivity index (χ4n) is 0.470. The zero-order valence-corrected chi connectivity index (χ0v) is 7.54. The second-order valence-corrected chi connectivity index (χ2v) is 3.80. The molecule has 16 heavy (non-hydrogen) atoms. The summed E-state index contributed by atoms with van der Waals surface area (Å²) in [7, 11) is -7.40. The highest BCUT2D eigenvalue weighted by molar-refractivity contribution is 7.87. The van der Waals surface area contributed by atoms with Crippen LogP contribution in [0.2, 0.25) is 0 Å². The van der Waals surface area contributed by atoms with Crippen molar-refractivity contribution in [2.75, 3.05) is 0 Å². The second kappa shape index (κ2) is 3.46. The largest absolute Gasteiger partial charge is 0.477 e. The number of carbonyl (C=O) groups is 1. The quantitative estimate of drug-likeness (QED) is 0.620. The topological polar surface area (TPSA) is 71.4 Å². The lowest BCUT2D eigenvalue weighted by Crippen LogP contribution is -2.60. The van der Waals surface area contributed by atoms with Crippen LogP contribution < -0.4 is 0 Å². The van der Waals surface area contributed by atoms with E-state index in [0.29, 0.717) is 0 Å². The van der Waals surface area contributed by atoms with Gasteiger partial charge in [0.25, 0.3) is 0 Å². The average Bonchev–Trinajstić information content (AvgIpc) is 2.00. The summed E-state index contributed by atoms with van der Waals surface area (Å²) in [5, 5.41) is 0.666. The Hall–Kier alpha value is -1.07. The first-order chi connectivity index (χ1) is 6.69. The molecule has 1 N–H and O–H groups in total. The Morgan fingerprint density at radius 1 is 1.00 bits per heavy atom. The zero-order valence-electron chi connectivity index (χ0n) is 6.73. The normalized spacial score (nSPS) is 14.9. The van der Waals surface area contributed by atoms with Gasteiger partial charge < -0.3 is 5.11 Å². The summed E-state index contributed by atoms with van der Waals surface area (Å²) in [4.78, 5) is 9.56. The maximum Gasteiger partial charge on any atom is 0.443 e. The van der Waals surface area contributed by atoms with Crippen molar-refractivity contribution in [3.05, 3.63) is 0 Å². The second-order valence-electron chi connectivity index (χ2n) is 2.41. The standard InChI is InChI=1S/C4HF7O4S/c5-2(6,1(12)13)3(7,8)4(9,10)16(11,14)15/h(H,12,13). The highest BCUT2D eigenvalue weighted by Gasteiger charge is 2.81. The van der Waals surface area contributed by atoms with Gasteiger partial charge >= 0.3 is 33.3 Å². The Morgan fingerprint density at radius 3 is 1.50 bits per heavy atom. The summed E-state index contributed by atoms with van der Waals surface area (Å²) in [6.45, 7) is 0. The van der Waals surface area contributed by atoms with E-state index in [1.807, 2.05) is 0 Å². The number of alkyl halides is 6. The summed E-state index contributed by atoms with van der Waals surface area (Å²) in [6.07, 6.45) is 0. The van der Waals surface area contributed by atoms with Gasteiger partial charge in [-0.05, 0) is 0 Å². The lowest BCUT2D eigenvalue weighted by Gasteiger charge is -2.27. The van der Waals surface area contributed by atoms with Gasteiger partial charge in [0, 0.05) is 0 Å². The molecule has 0 aliphatic carbocycles. The fourth-order valence-corrected chi connectivity index (χ4v) is 0.905. The molecule has 0 unspecified atom stereocenters.